The Kier molecular flexibility index (Phi) is 4.74. The molecule has 0 bridgehead atoms. The predicted octanol–water partition coefficient (Wildman–Crippen LogP) is 3.23. The van der Waals surface area contributed by atoms with Gasteiger partial charge in [-0.3, -0.25) is 4.98 Å². The molecule has 1 aromatic rings. The smallest absolute Gasteiger partial charge is 0.152 e. The van der Waals surface area contributed by atoms with E-state index < -0.39 is 5.60 Å². The molecule has 0 radical (unpaired) electrons. The quantitative estimate of drug-likeness (QED) is 0.827. The van der Waals surface area contributed by atoms with Gasteiger partial charge in [0.1, 0.15) is 0 Å². The van der Waals surface area contributed by atoms with Gasteiger partial charge in [0.2, 0.25) is 0 Å². The summed E-state index contributed by atoms with van der Waals surface area (Å²) >= 11 is 0. The van der Waals surface area contributed by atoms with E-state index in [-0.39, 0.29) is 5.60 Å². The molecule has 108 valence electrons. The maximum Gasteiger partial charge on any atom is 0.152 e. The predicted molar refractivity (Wildman–Crippen MR) is 75.9 cm³/mol. The molecule has 20 heavy (non-hydrogen) atoms. The lowest BCUT2D eigenvalue weighted by Gasteiger charge is -2.43. The van der Waals surface area contributed by atoms with Gasteiger partial charge in [0.15, 0.2) is 5.60 Å². The summed E-state index contributed by atoms with van der Waals surface area (Å²) < 4.78 is 11.9. The molecule has 0 aliphatic carbocycles. The van der Waals surface area contributed by atoms with Gasteiger partial charge >= 0.3 is 0 Å². The van der Waals surface area contributed by atoms with Crippen LogP contribution in [0, 0.1) is 11.3 Å². The third kappa shape index (κ3) is 3.56. The Hall–Kier alpha value is -1.44. The van der Waals surface area contributed by atoms with Crippen LogP contribution in [0.4, 0.5) is 0 Å². The van der Waals surface area contributed by atoms with E-state index in [0.717, 1.165) is 31.4 Å². The van der Waals surface area contributed by atoms with Crippen LogP contribution < -0.4 is 0 Å². The number of hydrogen-bond donors (Lipinski definition) is 0. The van der Waals surface area contributed by atoms with E-state index in [1.165, 1.54) is 0 Å². The Labute approximate surface area is 120 Å². The summed E-state index contributed by atoms with van der Waals surface area (Å²) in [5.41, 5.74) is -0.0993. The Morgan fingerprint density at radius 2 is 2.30 bits per heavy atom. The lowest BCUT2D eigenvalue weighted by molar-refractivity contribution is -0.186. The fourth-order valence-electron chi connectivity index (χ4n) is 2.68. The minimum absolute atomic E-state index is 0.336. The number of nitrogens with zero attached hydrogens (tertiary/aromatic N) is 2. The van der Waals surface area contributed by atoms with E-state index in [9.17, 15) is 5.26 Å². The first kappa shape index (κ1) is 15.0. The molecular formula is C16H22N2O2. The summed E-state index contributed by atoms with van der Waals surface area (Å²) in [4.78, 5) is 4.24. The second-order valence-electron chi connectivity index (χ2n) is 5.65. The second-order valence-corrected chi connectivity index (χ2v) is 5.65. The second kappa shape index (κ2) is 6.34. The van der Waals surface area contributed by atoms with Crippen molar-refractivity contribution in [3.8, 4) is 6.07 Å². The summed E-state index contributed by atoms with van der Waals surface area (Å²) in [5, 5.41) is 9.26. The highest BCUT2D eigenvalue weighted by Gasteiger charge is 2.42. The van der Waals surface area contributed by atoms with E-state index >= 15 is 0 Å². The van der Waals surface area contributed by atoms with E-state index in [0.29, 0.717) is 13.2 Å². The summed E-state index contributed by atoms with van der Waals surface area (Å²) in [6, 6.07) is 8.07. The molecule has 4 nitrogen and oxygen atoms in total. The Balaban J connectivity index is 1.93. The Bertz CT molecular complexity index is 471. The number of nitriles is 1. The third-order valence-electron chi connectivity index (χ3n) is 3.95. The monoisotopic (exact) mass is 274 g/mol. The van der Waals surface area contributed by atoms with Gasteiger partial charge in [-0.15, -0.1) is 0 Å². The average molecular weight is 274 g/mol. The summed E-state index contributed by atoms with van der Waals surface area (Å²) in [7, 11) is 0. The normalized spacial score (nSPS) is 29.9. The number of ether oxygens (including phenoxy) is 2. The van der Waals surface area contributed by atoms with Crippen LogP contribution in [0.3, 0.4) is 0 Å². The lowest BCUT2D eigenvalue weighted by atomic mass is 9.85. The number of aromatic nitrogens is 1. The molecule has 1 fully saturated rings. The van der Waals surface area contributed by atoms with Gasteiger partial charge in [0, 0.05) is 6.20 Å². The Morgan fingerprint density at radius 3 is 2.95 bits per heavy atom. The van der Waals surface area contributed by atoms with Gasteiger partial charge < -0.3 is 9.47 Å². The molecule has 0 saturated carbocycles. The summed E-state index contributed by atoms with van der Waals surface area (Å²) in [6.45, 7) is 4.95. The molecule has 0 N–H and O–H groups in total. The van der Waals surface area contributed by atoms with Crippen molar-refractivity contribution in [3.63, 3.8) is 0 Å². The minimum atomic E-state index is -0.678. The SMILES string of the molecule is CCC1(COCc2ccccn2)CCCC(C)(C#N)O1. The van der Waals surface area contributed by atoms with Gasteiger partial charge in [-0.05, 0) is 44.7 Å². The van der Waals surface area contributed by atoms with Crippen molar-refractivity contribution in [1.29, 1.82) is 5.26 Å². The zero-order chi connectivity index (χ0) is 14.5. The van der Waals surface area contributed by atoms with Crippen molar-refractivity contribution in [3.05, 3.63) is 30.1 Å². The molecule has 1 aromatic heterocycles. The van der Waals surface area contributed by atoms with Crippen LogP contribution in [0.25, 0.3) is 0 Å². The van der Waals surface area contributed by atoms with Crippen LogP contribution in [0.15, 0.2) is 24.4 Å². The molecule has 2 unspecified atom stereocenters. The van der Waals surface area contributed by atoms with Crippen LogP contribution >= 0.6 is 0 Å². The van der Waals surface area contributed by atoms with E-state index in [1.807, 2.05) is 25.1 Å². The molecule has 2 rings (SSSR count). The van der Waals surface area contributed by atoms with Gasteiger partial charge in [0.25, 0.3) is 0 Å². The van der Waals surface area contributed by atoms with Crippen molar-refractivity contribution in [2.75, 3.05) is 6.61 Å². The van der Waals surface area contributed by atoms with Gasteiger partial charge in [-0.1, -0.05) is 13.0 Å². The average Bonchev–Trinajstić information content (AvgIpc) is 2.48. The molecule has 1 saturated heterocycles. The Morgan fingerprint density at radius 1 is 1.45 bits per heavy atom. The van der Waals surface area contributed by atoms with E-state index in [4.69, 9.17) is 9.47 Å². The van der Waals surface area contributed by atoms with Crippen LogP contribution in [-0.4, -0.2) is 22.8 Å². The first-order valence-electron chi connectivity index (χ1n) is 7.20. The first-order chi connectivity index (χ1) is 9.61. The van der Waals surface area contributed by atoms with E-state index in [1.54, 1.807) is 6.20 Å². The number of rotatable bonds is 5. The zero-order valence-electron chi connectivity index (χ0n) is 12.3. The van der Waals surface area contributed by atoms with Crippen molar-refractivity contribution in [2.24, 2.45) is 0 Å². The third-order valence-corrected chi connectivity index (χ3v) is 3.95. The minimum Gasteiger partial charge on any atom is -0.372 e. The van der Waals surface area contributed by atoms with Gasteiger partial charge in [-0.2, -0.15) is 5.26 Å². The molecule has 0 spiro atoms. The number of pyridine rings is 1. The molecule has 1 aliphatic heterocycles. The summed E-state index contributed by atoms with van der Waals surface area (Å²) in [6.07, 6.45) is 5.37. The fourth-order valence-corrected chi connectivity index (χ4v) is 2.68. The molecular weight excluding hydrogens is 252 g/mol. The van der Waals surface area contributed by atoms with Crippen molar-refractivity contribution >= 4 is 0 Å². The summed E-state index contributed by atoms with van der Waals surface area (Å²) in [5.74, 6) is 0. The largest absolute Gasteiger partial charge is 0.372 e. The van der Waals surface area contributed by atoms with E-state index in [2.05, 4.69) is 18.0 Å². The van der Waals surface area contributed by atoms with Crippen molar-refractivity contribution < 1.29 is 9.47 Å². The highest BCUT2D eigenvalue weighted by molar-refractivity contribution is 5.05. The van der Waals surface area contributed by atoms with Crippen LogP contribution in [-0.2, 0) is 16.1 Å². The molecule has 1 aliphatic rings. The first-order valence-corrected chi connectivity index (χ1v) is 7.20. The molecule has 2 heterocycles. The van der Waals surface area contributed by atoms with Crippen LogP contribution in [0.5, 0.6) is 0 Å². The maximum atomic E-state index is 9.26. The highest BCUT2D eigenvalue weighted by atomic mass is 16.6. The zero-order valence-corrected chi connectivity index (χ0v) is 12.3. The highest BCUT2D eigenvalue weighted by Crippen LogP contribution is 2.37. The fraction of sp³-hybridized carbons (Fsp3) is 0.625. The number of hydrogen-bond acceptors (Lipinski definition) is 4. The van der Waals surface area contributed by atoms with Crippen LogP contribution in [0.2, 0.25) is 0 Å². The van der Waals surface area contributed by atoms with Crippen LogP contribution in [0.1, 0.15) is 45.2 Å². The molecule has 4 heteroatoms. The van der Waals surface area contributed by atoms with Crippen molar-refractivity contribution in [1.82, 2.24) is 4.98 Å². The standard InChI is InChI=1S/C16H22N2O2/c1-3-16(9-6-8-15(2,12-17)20-16)13-19-11-14-7-4-5-10-18-14/h4-5,7,10H,3,6,8-9,11,13H2,1-2H3. The molecule has 0 aromatic carbocycles. The molecule has 0 amide bonds. The van der Waals surface area contributed by atoms with Gasteiger partial charge in [0.05, 0.1) is 30.6 Å². The molecule has 2 atom stereocenters. The van der Waals surface area contributed by atoms with Gasteiger partial charge in [-0.25, -0.2) is 0 Å². The topological polar surface area (TPSA) is 55.1 Å². The maximum absolute atomic E-state index is 9.26. The lowest BCUT2D eigenvalue weighted by Crippen LogP contribution is -2.49. The van der Waals surface area contributed by atoms with Crippen molar-refractivity contribution in [2.45, 2.75) is 57.3 Å².